The summed E-state index contributed by atoms with van der Waals surface area (Å²) in [5, 5.41) is 12.5. The van der Waals surface area contributed by atoms with Crippen LogP contribution in [0.15, 0.2) is 24.3 Å². The van der Waals surface area contributed by atoms with Crippen LogP contribution in [0.25, 0.3) is 0 Å². The van der Waals surface area contributed by atoms with Gasteiger partial charge in [-0.05, 0) is 29.8 Å². The van der Waals surface area contributed by atoms with E-state index in [2.05, 4.69) is 25.4 Å². The third kappa shape index (κ3) is 3.22. The van der Waals surface area contributed by atoms with E-state index in [9.17, 15) is 4.79 Å². The summed E-state index contributed by atoms with van der Waals surface area (Å²) in [4.78, 5) is 11.6. The van der Waals surface area contributed by atoms with Crippen LogP contribution in [0.1, 0.15) is 18.5 Å². The van der Waals surface area contributed by atoms with E-state index in [0.717, 1.165) is 17.1 Å². The second-order valence-electron chi connectivity index (χ2n) is 3.66. The van der Waals surface area contributed by atoms with Crippen LogP contribution in [0, 0.1) is 0 Å². The number of hydrogen-bond donors (Lipinski definition) is 3. The molecule has 1 unspecified atom stereocenters. The van der Waals surface area contributed by atoms with Gasteiger partial charge in [0.05, 0.1) is 0 Å². The first-order chi connectivity index (χ1) is 8.65. The molecule has 0 aliphatic rings. The number of rotatable bonds is 3. The van der Waals surface area contributed by atoms with Crippen LogP contribution >= 0.6 is 11.5 Å². The maximum atomic E-state index is 11.6. The van der Waals surface area contributed by atoms with Gasteiger partial charge in [0.1, 0.15) is 0 Å². The summed E-state index contributed by atoms with van der Waals surface area (Å²) in [7, 11) is 0. The van der Waals surface area contributed by atoms with Crippen LogP contribution < -0.4 is 16.4 Å². The lowest BCUT2D eigenvalue weighted by Gasteiger charge is -2.09. The topological polar surface area (TPSA) is 106 Å². The predicted octanol–water partition coefficient (Wildman–Crippen LogP) is 1.60. The first-order valence-electron chi connectivity index (χ1n) is 5.24. The van der Waals surface area contributed by atoms with Gasteiger partial charge < -0.3 is 11.1 Å². The lowest BCUT2D eigenvalue weighted by atomic mass is 10.1. The van der Waals surface area contributed by atoms with E-state index in [4.69, 9.17) is 5.73 Å². The second kappa shape index (κ2) is 5.52. The predicted molar refractivity (Wildman–Crippen MR) is 69.4 cm³/mol. The molecule has 1 aromatic heterocycles. The Bertz CT molecular complexity index is 527. The van der Waals surface area contributed by atoms with Gasteiger partial charge in [-0.3, -0.25) is 5.32 Å². The van der Waals surface area contributed by atoms with Gasteiger partial charge >= 0.3 is 6.03 Å². The first kappa shape index (κ1) is 12.4. The number of nitrogens with zero attached hydrogens (tertiary/aromatic N) is 3. The van der Waals surface area contributed by atoms with Crippen molar-refractivity contribution in [2.45, 2.75) is 13.0 Å². The Hall–Kier alpha value is -2.06. The van der Waals surface area contributed by atoms with Gasteiger partial charge in [-0.1, -0.05) is 21.7 Å². The minimum atomic E-state index is -0.393. The molecule has 0 saturated heterocycles. The molecular formula is C10H12N6OS. The molecule has 1 aromatic carbocycles. The molecule has 2 amide bonds. The molecule has 7 nitrogen and oxygen atoms in total. The van der Waals surface area contributed by atoms with Gasteiger partial charge in [0, 0.05) is 23.3 Å². The van der Waals surface area contributed by atoms with Crippen molar-refractivity contribution in [2.75, 3.05) is 10.6 Å². The van der Waals surface area contributed by atoms with E-state index < -0.39 is 6.03 Å². The Kier molecular flexibility index (Phi) is 3.80. The number of nitrogens with two attached hydrogens (primary N) is 1. The van der Waals surface area contributed by atoms with E-state index >= 15 is 0 Å². The van der Waals surface area contributed by atoms with E-state index in [1.807, 2.05) is 25.1 Å². The fraction of sp³-hybridized carbons (Fsp3) is 0.200. The van der Waals surface area contributed by atoms with Gasteiger partial charge in [-0.15, -0.1) is 0 Å². The minimum Gasteiger partial charge on any atom is -0.324 e. The smallest absolute Gasteiger partial charge is 0.324 e. The minimum absolute atomic E-state index is 0.0813. The number of benzene rings is 1. The number of urea groups is 1. The maximum Gasteiger partial charge on any atom is 0.325 e. The third-order valence-electron chi connectivity index (χ3n) is 2.19. The average Bonchev–Trinajstić information content (AvgIpc) is 2.82. The monoisotopic (exact) mass is 264 g/mol. The van der Waals surface area contributed by atoms with Crippen molar-refractivity contribution in [3.63, 3.8) is 0 Å². The second-order valence-corrected chi connectivity index (χ2v) is 4.39. The Morgan fingerprint density at radius 3 is 2.94 bits per heavy atom. The quantitative estimate of drug-likeness (QED) is 0.780. The third-order valence-corrected chi connectivity index (χ3v) is 2.70. The molecule has 0 fully saturated rings. The molecule has 1 heterocycles. The van der Waals surface area contributed by atoms with Crippen LogP contribution in [-0.4, -0.2) is 20.8 Å². The van der Waals surface area contributed by atoms with E-state index in [0.29, 0.717) is 10.8 Å². The molecule has 0 aliphatic heterocycles. The molecule has 2 aromatic rings. The van der Waals surface area contributed by atoms with Crippen LogP contribution in [0.2, 0.25) is 0 Å². The van der Waals surface area contributed by atoms with Gasteiger partial charge in [-0.25, -0.2) is 4.79 Å². The molecule has 1 atom stereocenters. The van der Waals surface area contributed by atoms with Gasteiger partial charge in [0.2, 0.25) is 5.13 Å². The summed E-state index contributed by atoms with van der Waals surface area (Å²) in [5.41, 5.74) is 7.39. The SMILES string of the molecule is CC(N)c1cccc(NC(=O)Nc2nnns2)c1. The zero-order chi connectivity index (χ0) is 13.0. The number of hydrogen-bond acceptors (Lipinski definition) is 6. The number of aromatic nitrogens is 3. The lowest BCUT2D eigenvalue weighted by Crippen LogP contribution is -2.19. The molecule has 2 rings (SSSR count). The molecule has 0 radical (unpaired) electrons. The normalized spacial score (nSPS) is 11.9. The average molecular weight is 264 g/mol. The van der Waals surface area contributed by atoms with E-state index in [1.54, 1.807) is 6.07 Å². The molecule has 8 heteroatoms. The number of nitrogens with one attached hydrogen (secondary N) is 2. The van der Waals surface area contributed by atoms with Crippen LogP contribution in [0.5, 0.6) is 0 Å². The molecule has 0 aliphatic carbocycles. The van der Waals surface area contributed by atoms with Gasteiger partial charge in [0.15, 0.2) is 0 Å². The summed E-state index contributed by atoms with van der Waals surface area (Å²) in [6, 6.07) is 6.87. The fourth-order valence-electron chi connectivity index (χ4n) is 1.34. The highest BCUT2D eigenvalue weighted by atomic mass is 32.1. The molecule has 94 valence electrons. The lowest BCUT2D eigenvalue weighted by molar-refractivity contribution is 0.262. The molecule has 0 spiro atoms. The first-order valence-corrected chi connectivity index (χ1v) is 6.01. The maximum absolute atomic E-state index is 11.6. The highest BCUT2D eigenvalue weighted by molar-refractivity contribution is 7.09. The highest BCUT2D eigenvalue weighted by Crippen LogP contribution is 2.16. The van der Waals surface area contributed by atoms with Crippen molar-refractivity contribution in [3.05, 3.63) is 29.8 Å². The molecule has 0 bridgehead atoms. The largest absolute Gasteiger partial charge is 0.325 e. The summed E-state index contributed by atoms with van der Waals surface area (Å²) < 4.78 is 3.54. The van der Waals surface area contributed by atoms with E-state index in [1.165, 1.54) is 0 Å². The molecular weight excluding hydrogens is 252 g/mol. The van der Waals surface area contributed by atoms with Crippen LogP contribution in [0.4, 0.5) is 15.6 Å². The van der Waals surface area contributed by atoms with Crippen molar-refractivity contribution in [1.82, 2.24) is 14.8 Å². The summed E-state index contributed by atoms with van der Waals surface area (Å²) >= 11 is 1.01. The van der Waals surface area contributed by atoms with Crippen molar-refractivity contribution in [2.24, 2.45) is 5.73 Å². The van der Waals surface area contributed by atoms with Crippen molar-refractivity contribution in [3.8, 4) is 0 Å². The zero-order valence-corrected chi connectivity index (χ0v) is 10.4. The summed E-state index contributed by atoms with van der Waals surface area (Å²) in [6.45, 7) is 1.88. The molecule has 0 saturated carbocycles. The molecule has 18 heavy (non-hydrogen) atoms. The van der Waals surface area contributed by atoms with Gasteiger partial charge in [-0.2, -0.15) is 0 Å². The van der Waals surface area contributed by atoms with Crippen LogP contribution in [-0.2, 0) is 0 Å². The van der Waals surface area contributed by atoms with Gasteiger partial charge in [0.25, 0.3) is 0 Å². The standard InChI is InChI=1S/C10H12N6OS/c1-6(11)7-3-2-4-8(5-7)12-9(17)13-10-14-15-16-18-10/h2-6H,11H2,1H3,(H2,12,13,14,16,17). The van der Waals surface area contributed by atoms with Crippen molar-refractivity contribution >= 4 is 28.4 Å². The Morgan fingerprint density at radius 1 is 1.44 bits per heavy atom. The van der Waals surface area contributed by atoms with Crippen LogP contribution in [0.3, 0.4) is 0 Å². The zero-order valence-electron chi connectivity index (χ0n) is 9.62. The summed E-state index contributed by atoms with van der Waals surface area (Å²) in [5.74, 6) is 0. The van der Waals surface area contributed by atoms with Crippen molar-refractivity contribution in [1.29, 1.82) is 0 Å². The number of anilines is 2. The summed E-state index contributed by atoms with van der Waals surface area (Å²) in [6.07, 6.45) is 0. The Morgan fingerprint density at radius 2 is 2.28 bits per heavy atom. The molecule has 4 N–H and O–H groups in total. The Labute approximate surface area is 108 Å². The number of amides is 2. The fourth-order valence-corrected chi connectivity index (χ4v) is 1.70. The highest BCUT2D eigenvalue weighted by Gasteiger charge is 2.06. The van der Waals surface area contributed by atoms with E-state index in [-0.39, 0.29) is 6.04 Å². The number of carbonyl (C=O) groups excluding carboxylic acids is 1. The van der Waals surface area contributed by atoms with Crippen molar-refractivity contribution < 1.29 is 4.79 Å². The number of carbonyl (C=O) groups is 1. The Balaban J connectivity index is 2.00.